The van der Waals surface area contributed by atoms with Crippen LogP contribution in [0.4, 0.5) is 5.69 Å². The smallest absolute Gasteiger partial charge is 0.272 e. The fourth-order valence-electron chi connectivity index (χ4n) is 2.00. The van der Waals surface area contributed by atoms with Crippen molar-refractivity contribution in [2.45, 2.75) is 19.9 Å². The average Bonchev–Trinajstić information content (AvgIpc) is 2.82. The third kappa shape index (κ3) is 3.89. The van der Waals surface area contributed by atoms with E-state index in [1.807, 2.05) is 29.0 Å². The van der Waals surface area contributed by atoms with E-state index in [2.05, 4.69) is 44.1 Å². The minimum absolute atomic E-state index is 0.150. The molecule has 4 nitrogen and oxygen atoms in total. The van der Waals surface area contributed by atoms with E-state index in [4.69, 9.17) is 4.74 Å². The molecular formula is C15H16Br2N2O2. The number of rotatable bonds is 5. The third-order valence-electron chi connectivity index (χ3n) is 2.98. The van der Waals surface area contributed by atoms with Crippen molar-refractivity contribution in [3.8, 4) is 5.75 Å². The van der Waals surface area contributed by atoms with Gasteiger partial charge in [0.25, 0.3) is 5.91 Å². The second-order valence-corrected chi connectivity index (χ2v) is 6.31. The number of carbonyl (C=O) groups excluding carboxylic acids is 1. The Morgan fingerprint density at radius 1 is 1.33 bits per heavy atom. The molecule has 0 atom stereocenters. The van der Waals surface area contributed by atoms with Crippen molar-refractivity contribution in [3.63, 3.8) is 0 Å². The van der Waals surface area contributed by atoms with E-state index < -0.39 is 0 Å². The lowest BCUT2D eigenvalue weighted by molar-refractivity contribution is 0.101. The second-order valence-electron chi connectivity index (χ2n) is 4.54. The summed E-state index contributed by atoms with van der Waals surface area (Å²) in [6.07, 6.45) is 2.88. The van der Waals surface area contributed by atoms with Crippen LogP contribution in [-0.4, -0.2) is 17.6 Å². The molecule has 6 heteroatoms. The van der Waals surface area contributed by atoms with Crippen LogP contribution in [0, 0.1) is 0 Å². The topological polar surface area (TPSA) is 43.3 Å². The largest absolute Gasteiger partial charge is 0.497 e. The molecule has 0 aliphatic carbocycles. The van der Waals surface area contributed by atoms with Gasteiger partial charge >= 0.3 is 0 Å². The molecule has 1 aromatic carbocycles. The van der Waals surface area contributed by atoms with Crippen LogP contribution in [0.25, 0.3) is 0 Å². The number of aromatic nitrogens is 1. The lowest BCUT2D eigenvalue weighted by Crippen LogP contribution is -2.17. The van der Waals surface area contributed by atoms with Gasteiger partial charge in [-0.05, 0) is 56.5 Å². The fraction of sp³-hybridized carbons (Fsp3) is 0.267. The maximum absolute atomic E-state index is 12.5. The summed E-state index contributed by atoms with van der Waals surface area (Å²) < 4.78 is 8.82. The van der Waals surface area contributed by atoms with Gasteiger partial charge in [-0.3, -0.25) is 4.79 Å². The zero-order valence-corrected chi connectivity index (χ0v) is 15.0. The zero-order valence-electron chi connectivity index (χ0n) is 11.8. The molecule has 112 valence electrons. The quantitative estimate of drug-likeness (QED) is 0.769. The van der Waals surface area contributed by atoms with E-state index in [9.17, 15) is 4.79 Å². The van der Waals surface area contributed by atoms with E-state index in [0.717, 1.165) is 21.9 Å². The number of hydrogen-bond acceptors (Lipinski definition) is 2. The van der Waals surface area contributed by atoms with Crippen LogP contribution in [0.1, 0.15) is 23.8 Å². The highest BCUT2D eigenvalue weighted by molar-refractivity contribution is 9.10. The maximum atomic E-state index is 12.5. The molecule has 0 unspecified atom stereocenters. The molecule has 1 N–H and O–H groups in total. The van der Waals surface area contributed by atoms with Crippen molar-refractivity contribution in [3.05, 3.63) is 45.1 Å². The van der Waals surface area contributed by atoms with Crippen LogP contribution < -0.4 is 10.1 Å². The van der Waals surface area contributed by atoms with Crippen molar-refractivity contribution >= 4 is 43.5 Å². The summed E-state index contributed by atoms with van der Waals surface area (Å²) in [7, 11) is 1.60. The van der Waals surface area contributed by atoms with Crippen molar-refractivity contribution < 1.29 is 9.53 Å². The van der Waals surface area contributed by atoms with Gasteiger partial charge in [0.2, 0.25) is 0 Å². The summed E-state index contributed by atoms with van der Waals surface area (Å²) in [5, 5.41) is 2.91. The van der Waals surface area contributed by atoms with Gasteiger partial charge in [0.1, 0.15) is 11.4 Å². The first-order valence-electron chi connectivity index (χ1n) is 6.55. The average molecular weight is 416 g/mol. The number of hydrogen-bond donors (Lipinski definition) is 1. The summed E-state index contributed by atoms with van der Waals surface area (Å²) >= 11 is 6.84. The molecule has 0 fully saturated rings. The van der Waals surface area contributed by atoms with Crippen molar-refractivity contribution in [2.24, 2.45) is 0 Å². The molecule has 0 radical (unpaired) electrons. The number of aryl methyl sites for hydroxylation is 1. The summed E-state index contributed by atoms with van der Waals surface area (Å²) in [6, 6.07) is 7.27. The van der Waals surface area contributed by atoms with E-state index in [1.54, 1.807) is 13.2 Å². The Kier molecular flexibility index (Phi) is 5.47. The Labute approximate surface area is 140 Å². The highest BCUT2D eigenvalue weighted by Crippen LogP contribution is 2.28. The molecule has 0 saturated heterocycles. The number of nitrogens with zero attached hydrogens (tertiary/aromatic N) is 1. The Hall–Kier alpha value is -1.27. The first kappa shape index (κ1) is 16.1. The monoisotopic (exact) mass is 414 g/mol. The number of benzene rings is 1. The number of anilines is 1. The number of halogens is 2. The number of amides is 1. The van der Waals surface area contributed by atoms with E-state index in [1.165, 1.54) is 0 Å². The molecule has 0 aliphatic rings. The van der Waals surface area contributed by atoms with Crippen molar-refractivity contribution in [2.75, 3.05) is 12.4 Å². The number of carbonyl (C=O) groups is 1. The molecule has 0 aliphatic heterocycles. The minimum atomic E-state index is -0.150. The van der Waals surface area contributed by atoms with Crippen molar-refractivity contribution in [1.29, 1.82) is 0 Å². The molecule has 0 spiro atoms. The van der Waals surface area contributed by atoms with Crippen LogP contribution in [0.15, 0.2) is 39.4 Å². The second kappa shape index (κ2) is 7.13. The van der Waals surface area contributed by atoms with Gasteiger partial charge in [-0.1, -0.05) is 6.92 Å². The minimum Gasteiger partial charge on any atom is -0.497 e. The standard InChI is InChI=1S/C15H16Br2N2O2/c1-3-6-19-9-10(16)7-14(19)15(20)18-13-8-11(21-2)4-5-12(13)17/h4-5,7-9H,3,6H2,1-2H3,(H,18,20). The number of nitrogens with one attached hydrogen (secondary N) is 1. The maximum Gasteiger partial charge on any atom is 0.272 e. The van der Waals surface area contributed by atoms with Gasteiger partial charge in [-0.2, -0.15) is 0 Å². The third-order valence-corrected chi connectivity index (χ3v) is 4.11. The van der Waals surface area contributed by atoms with Crippen LogP contribution in [-0.2, 0) is 6.54 Å². The fourth-order valence-corrected chi connectivity index (χ4v) is 2.81. The van der Waals surface area contributed by atoms with Crippen LogP contribution in [0.5, 0.6) is 5.75 Å². The van der Waals surface area contributed by atoms with Crippen molar-refractivity contribution in [1.82, 2.24) is 4.57 Å². The van der Waals surface area contributed by atoms with Gasteiger partial charge in [0, 0.05) is 27.8 Å². The lowest BCUT2D eigenvalue weighted by atomic mass is 10.3. The molecule has 1 heterocycles. The summed E-state index contributed by atoms with van der Waals surface area (Å²) in [6.45, 7) is 2.88. The van der Waals surface area contributed by atoms with Crippen LogP contribution in [0.2, 0.25) is 0 Å². The molecule has 2 rings (SSSR count). The molecule has 0 saturated carbocycles. The Balaban J connectivity index is 2.25. The molecule has 21 heavy (non-hydrogen) atoms. The highest BCUT2D eigenvalue weighted by atomic mass is 79.9. The zero-order chi connectivity index (χ0) is 15.4. The normalized spacial score (nSPS) is 10.5. The molecular weight excluding hydrogens is 400 g/mol. The number of ether oxygens (including phenoxy) is 1. The Morgan fingerprint density at radius 2 is 2.10 bits per heavy atom. The predicted molar refractivity (Wildman–Crippen MR) is 91.1 cm³/mol. The first-order valence-corrected chi connectivity index (χ1v) is 8.14. The van der Waals surface area contributed by atoms with Crippen LogP contribution >= 0.6 is 31.9 Å². The number of methoxy groups -OCH3 is 1. The summed E-state index contributed by atoms with van der Waals surface area (Å²) in [5.74, 6) is 0.543. The molecule has 1 aromatic heterocycles. The van der Waals surface area contributed by atoms with Gasteiger partial charge < -0.3 is 14.6 Å². The summed E-state index contributed by atoms with van der Waals surface area (Å²) in [4.78, 5) is 12.5. The Morgan fingerprint density at radius 3 is 2.76 bits per heavy atom. The van der Waals surface area contributed by atoms with Crippen LogP contribution in [0.3, 0.4) is 0 Å². The summed E-state index contributed by atoms with van der Waals surface area (Å²) in [5.41, 5.74) is 1.30. The lowest BCUT2D eigenvalue weighted by Gasteiger charge is -2.11. The van der Waals surface area contributed by atoms with E-state index in [-0.39, 0.29) is 5.91 Å². The molecule has 2 aromatic rings. The molecule has 0 bridgehead atoms. The van der Waals surface area contributed by atoms with Gasteiger partial charge in [0.05, 0.1) is 12.8 Å². The van der Waals surface area contributed by atoms with Gasteiger partial charge in [-0.25, -0.2) is 0 Å². The van der Waals surface area contributed by atoms with Gasteiger partial charge in [0.15, 0.2) is 0 Å². The SMILES string of the molecule is CCCn1cc(Br)cc1C(=O)Nc1cc(OC)ccc1Br. The molecule has 1 amide bonds. The Bertz CT molecular complexity index is 653. The van der Waals surface area contributed by atoms with E-state index in [0.29, 0.717) is 17.1 Å². The predicted octanol–water partition coefficient (Wildman–Crippen LogP) is 4.68. The highest BCUT2D eigenvalue weighted by Gasteiger charge is 2.14. The van der Waals surface area contributed by atoms with Gasteiger partial charge in [-0.15, -0.1) is 0 Å². The first-order chi connectivity index (χ1) is 10.0. The van der Waals surface area contributed by atoms with E-state index >= 15 is 0 Å².